The Labute approximate surface area is 178 Å². The van der Waals surface area contributed by atoms with E-state index in [9.17, 15) is 9.59 Å². The predicted molar refractivity (Wildman–Crippen MR) is 114 cm³/mol. The molecule has 0 aliphatic heterocycles. The number of nitrogens with zero attached hydrogens (tertiary/aromatic N) is 1. The molecule has 0 saturated carbocycles. The van der Waals surface area contributed by atoms with Gasteiger partial charge in [0.05, 0.1) is 18.6 Å². The molecule has 0 saturated heterocycles. The maximum absolute atomic E-state index is 12.0. The topological polar surface area (TPSA) is 93.5 Å². The lowest BCUT2D eigenvalue weighted by atomic mass is 10.3. The second-order valence-corrected chi connectivity index (χ2v) is 8.10. The van der Waals surface area contributed by atoms with Crippen molar-refractivity contribution in [2.24, 2.45) is 0 Å². The maximum Gasteiger partial charge on any atom is 0.293 e. The molecule has 7 nitrogen and oxygen atoms in total. The number of thioether (sulfide) groups is 1. The summed E-state index contributed by atoms with van der Waals surface area (Å²) in [6.45, 7) is 0. The Morgan fingerprint density at radius 2 is 2.00 bits per heavy atom. The molecular formula is C18H16BrN3O4S2. The summed E-state index contributed by atoms with van der Waals surface area (Å²) in [6, 6.07) is 10.4. The van der Waals surface area contributed by atoms with Crippen molar-refractivity contribution in [3.05, 3.63) is 57.9 Å². The number of aromatic nitrogens is 1. The number of benzene rings is 1. The Kier molecular flexibility index (Phi) is 7.12. The van der Waals surface area contributed by atoms with Crippen LogP contribution < -0.4 is 15.4 Å². The first-order valence-electron chi connectivity index (χ1n) is 8.06. The third kappa shape index (κ3) is 5.85. The van der Waals surface area contributed by atoms with E-state index in [1.165, 1.54) is 23.1 Å². The second-order valence-electron chi connectivity index (χ2n) is 5.47. The van der Waals surface area contributed by atoms with Crippen LogP contribution in [0.1, 0.15) is 16.2 Å². The van der Waals surface area contributed by atoms with E-state index in [1.807, 2.05) is 5.38 Å². The van der Waals surface area contributed by atoms with Gasteiger partial charge in [-0.05, 0) is 52.3 Å². The molecule has 2 amide bonds. The Hall–Kier alpha value is -2.30. The molecule has 0 spiro atoms. The van der Waals surface area contributed by atoms with Gasteiger partial charge in [-0.1, -0.05) is 0 Å². The molecule has 3 aromatic rings. The number of anilines is 2. The standard InChI is InChI=1S/C18H16BrN3O4S2/c1-25-13-4-2-11(3-5-13)20-16(23)10-27-8-12-9-28-18(21-12)22-17(24)14-6-7-15(19)26-14/h2-7,9H,8,10H2,1H3,(H,20,23)(H,21,22,24). The molecule has 146 valence electrons. The molecule has 2 N–H and O–H groups in total. The number of furan rings is 1. The number of amides is 2. The van der Waals surface area contributed by atoms with Crippen LogP contribution in [0.5, 0.6) is 5.75 Å². The molecule has 2 heterocycles. The van der Waals surface area contributed by atoms with Crippen LogP contribution in [0, 0.1) is 0 Å². The molecule has 0 atom stereocenters. The van der Waals surface area contributed by atoms with E-state index in [0.29, 0.717) is 21.3 Å². The van der Waals surface area contributed by atoms with Gasteiger partial charge in [0.25, 0.3) is 5.91 Å². The van der Waals surface area contributed by atoms with E-state index in [0.717, 1.165) is 17.1 Å². The van der Waals surface area contributed by atoms with Gasteiger partial charge in [-0.2, -0.15) is 0 Å². The van der Waals surface area contributed by atoms with Crippen molar-refractivity contribution >= 4 is 61.7 Å². The zero-order chi connectivity index (χ0) is 19.9. The molecule has 0 aliphatic carbocycles. The van der Waals surface area contributed by atoms with E-state index < -0.39 is 0 Å². The number of thiazole rings is 1. The van der Waals surface area contributed by atoms with Crippen molar-refractivity contribution < 1.29 is 18.7 Å². The first kappa shape index (κ1) is 20.4. The van der Waals surface area contributed by atoms with Crippen molar-refractivity contribution in [1.29, 1.82) is 0 Å². The number of carbonyl (C=O) groups excluding carboxylic acids is 2. The Morgan fingerprint density at radius 3 is 2.68 bits per heavy atom. The first-order chi connectivity index (χ1) is 13.5. The second kappa shape index (κ2) is 9.76. The molecule has 2 aromatic heterocycles. The minimum Gasteiger partial charge on any atom is -0.497 e. The van der Waals surface area contributed by atoms with Gasteiger partial charge in [-0.15, -0.1) is 23.1 Å². The fourth-order valence-corrected chi connectivity index (χ4v) is 3.98. The largest absolute Gasteiger partial charge is 0.497 e. The molecule has 0 aliphatic rings. The van der Waals surface area contributed by atoms with E-state index >= 15 is 0 Å². The van der Waals surface area contributed by atoms with Crippen LogP contribution in [-0.4, -0.2) is 29.7 Å². The lowest BCUT2D eigenvalue weighted by Gasteiger charge is -2.05. The normalized spacial score (nSPS) is 10.5. The van der Waals surface area contributed by atoms with Gasteiger partial charge in [0.15, 0.2) is 15.6 Å². The molecule has 0 bridgehead atoms. The Morgan fingerprint density at radius 1 is 1.21 bits per heavy atom. The van der Waals surface area contributed by atoms with Crippen LogP contribution in [0.25, 0.3) is 0 Å². The monoisotopic (exact) mass is 481 g/mol. The molecule has 0 unspecified atom stereocenters. The summed E-state index contributed by atoms with van der Waals surface area (Å²) in [4.78, 5) is 28.4. The highest BCUT2D eigenvalue weighted by Crippen LogP contribution is 2.22. The third-order valence-corrected chi connectivity index (χ3v) is 5.63. The fourth-order valence-electron chi connectivity index (χ4n) is 2.15. The number of hydrogen-bond donors (Lipinski definition) is 2. The molecular weight excluding hydrogens is 466 g/mol. The zero-order valence-corrected chi connectivity index (χ0v) is 17.9. The highest BCUT2D eigenvalue weighted by atomic mass is 79.9. The number of carbonyl (C=O) groups is 2. The average molecular weight is 482 g/mol. The lowest BCUT2D eigenvalue weighted by Crippen LogP contribution is -2.14. The fraction of sp³-hybridized carbons (Fsp3) is 0.167. The molecule has 0 radical (unpaired) electrons. The quantitative estimate of drug-likeness (QED) is 0.486. The first-order valence-corrected chi connectivity index (χ1v) is 10.9. The smallest absolute Gasteiger partial charge is 0.293 e. The minimum absolute atomic E-state index is 0.0951. The van der Waals surface area contributed by atoms with E-state index in [4.69, 9.17) is 9.15 Å². The number of halogens is 1. The van der Waals surface area contributed by atoms with Gasteiger partial charge in [-0.25, -0.2) is 4.98 Å². The maximum atomic E-state index is 12.0. The van der Waals surface area contributed by atoms with Crippen LogP contribution in [0.2, 0.25) is 0 Å². The predicted octanol–water partition coefficient (Wildman–Crippen LogP) is 4.63. The number of rotatable bonds is 8. The van der Waals surface area contributed by atoms with Crippen LogP contribution >= 0.6 is 39.0 Å². The summed E-state index contributed by atoms with van der Waals surface area (Å²) < 4.78 is 10.8. The zero-order valence-electron chi connectivity index (χ0n) is 14.7. The van der Waals surface area contributed by atoms with E-state index in [2.05, 4.69) is 31.5 Å². The van der Waals surface area contributed by atoms with Crippen LogP contribution in [-0.2, 0) is 10.5 Å². The Bertz CT molecular complexity index is 956. The summed E-state index contributed by atoms with van der Waals surface area (Å²) in [7, 11) is 1.59. The van der Waals surface area contributed by atoms with Gasteiger partial charge >= 0.3 is 0 Å². The minimum atomic E-state index is -0.363. The molecule has 3 rings (SSSR count). The van der Waals surface area contributed by atoms with Gasteiger partial charge in [0.2, 0.25) is 5.91 Å². The highest BCUT2D eigenvalue weighted by Gasteiger charge is 2.13. The summed E-state index contributed by atoms with van der Waals surface area (Å²) in [5.74, 6) is 1.34. The molecule has 10 heteroatoms. The summed E-state index contributed by atoms with van der Waals surface area (Å²) in [5.41, 5.74) is 1.51. The summed E-state index contributed by atoms with van der Waals surface area (Å²) >= 11 is 5.92. The van der Waals surface area contributed by atoms with Gasteiger partial charge in [0, 0.05) is 16.8 Å². The van der Waals surface area contributed by atoms with Crippen LogP contribution in [0.4, 0.5) is 10.8 Å². The lowest BCUT2D eigenvalue weighted by molar-refractivity contribution is -0.113. The van der Waals surface area contributed by atoms with Gasteiger partial charge in [0.1, 0.15) is 5.75 Å². The van der Waals surface area contributed by atoms with Crippen LogP contribution in [0.3, 0.4) is 0 Å². The molecule has 28 heavy (non-hydrogen) atoms. The number of methoxy groups -OCH3 is 1. The van der Waals surface area contributed by atoms with Crippen molar-refractivity contribution in [2.75, 3.05) is 23.5 Å². The van der Waals surface area contributed by atoms with E-state index in [-0.39, 0.29) is 17.6 Å². The van der Waals surface area contributed by atoms with Crippen molar-refractivity contribution in [2.45, 2.75) is 5.75 Å². The molecule has 1 aromatic carbocycles. The van der Waals surface area contributed by atoms with E-state index in [1.54, 1.807) is 43.5 Å². The van der Waals surface area contributed by atoms with Crippen LogP contribution in [0.15, 0.2) is 50.9 Å². The van der Waals surface area contributed by atoms with Crippen molar-refractivity contribution in [3.63, 3.8) is 0 Å². The van der Waals surface area contributed by atoms with Gasteiger partial charge in [-0.3, -0.25) is 14.9 Å². The molecule has 0 fully saturated rings. The summed E-state index contributed by atoms with van der Waals surface area (Å²) in [6.07, 6.45) is 0. The number of hydrogen-bond acceptors (Lipinski definition) is 7. The number of nitrogens with one attached hydrogen (secondary N) is 2. The van der Waals surface area contributed by atoms with Crippen molar-refractivity contribution in [1.82, 2.24) is 4.98 Å². The SMILES string of the molecule is COc1ccc(NC(=O)CSCc2csc(NC(=O)c3ccc(Br)o3)n2)cc1. The summed E-state index contributed by atoms with van der Waals surface area (Å²) in [5, 5.41) is 7.85. The highest BCUT2D eigenvalue weighted by molar-refractivity contribution is 9.10. The Balaban J connectivity index is 1.42. The average Bonchev–Trinajstić information content (AvgIpc) is 3.31. The third-order valence-electron chi connectivity index (χ3n) is 3.43. The van der Waals surface area contributed by atoms with Gasteiger partial charge < -0.3 is 14.5 Å². The van der Waals surface area contributed by atoms with Crippen molar-refractivity contribution in [3.8, 4) is 5.75 Å². The number of ether oxygens (including phenoxy) is 1.